The molecule has 2 aliphatic heterocycles. The summed E-state index contributed by atoms with van der Waals surface area (Å²) in [5, 5.41) is 10.0. The fourth-order valence-electron chi connectivity index (χ4n) is 4.80. The molecule has 2 fully saturated rings. The molecule has 2 atom stereocenters. The van der Waals surface area contributed by atoms with Crippen LogP contribution >= 0.6 is 0 Å². The second kappa shape index (κ2) is 11.8. The summed E-state index contributed by atoms with van der Waals surface area (Å²) in [5.74, 6) is -2.47. The first-order chi connectivity index (χ1) is 19.7. The highest BCUT2D eigenvalue weighted by atomic mass is 19.1. The van der Waals surface area contributed by atoms with Gasteiger partial charge >= 0.3 is 6.09 Å². The van der Waals surface area contributed by atoms with Crippen molar-refractivity contribution in [3.05, 3.63) is 65.7 Å². The van der Waals surface area contributed by atoms with Crippen LogP contribution < -0.4 is 15.1 Å². The lowest BCUT2D eigenvalue weighted by atomic mass is 10.1. The van der Waals surface area contributed by atoms with Gasteiger partial charge in [0.15, 0.2) is 11.6 Å². The molecule has 41 heavy (non-hydrogen) atoms. The number of aromatic nitrogens is 4. The van der Waals surface area contributed by atoms with Crippen molar-refractivity contribution in [2.75, 3.05) is 42.5 Å². The Morgan fingerprint density at radius 3 is 2.54 bits per heavy atom. The van der Waals surface area contributed by atoms with Crippen LogP contribution in [0, 0.1) is 11.6 Å². The molecule has 2 aliphatic rings. The number of piperazine rings is 1. The Hall–Kier alpha value is -4.69. The molecule has 0 unspecified atom stereocenters. The van der Waals surface area contributed by atoms with Gasteiger partial charge in [0.1, 0.15) is 30.2 Å². The van der Waals surface area contributed by atoms with Crippen molar-refractivity contribution in [1.29, 1.82) is 0 Å². The van der Waals surface area contributed by atoms with E-state index in [4.69, 9.17) is 4.74 Å². The Labute approximate surface area is 232 Å². The molecule has 216 valence electrons. The van der Waals surface area contributed by atoms with E-state index in [1.807, 2.05) is 0 Å². The number of pyridine rings is 1. The number of amides is 3. The zero-order valence-electron chi connectivity index (χ0n) is 22.0. The van der Waals surface area contributed by atoms with Gasteiger partial charge in [0.2, 0.25) is 5.91 Å². The van der Waals surface area contributed by atoms with E-state index < -0.39 is 42.5 Å². The molecule has 3 amide bonds. The van der Waals surface area contributed by atoms with Crippen LogP contribution in [-0.4, -0.2) is 87.7 Å². The minimum atomic E-state index is -0.864. The lowest BCUT2D eigenvalue weighted by Crippen LogP contribution is -2.54. The molecule has 0 aliphatic carbocycles. The maximum absolute atomic E-state index is 15.2. The minimum Gasteiger partial charge on any atom is -0.442 e. The SMILES string of the molecule is C[C@H](NC(=O)c1cccnc1)C(=O)N1CCN(c2c(F)cc(N3C[C@H](Cn4cc(CF)nn4)OC3=O)cc2F)CC1. The van der Waals surface area contributed by atoms with Crippen molar-refractivity contribution in [2.24, 2.45) is 0 Å². The number of carbonyl (C=O) groups is 3. The number of nitrogens with one attached hydrogen (secondary N) is 1. The first-order valence-electron chi connectivity index (χ1n) is 12.9. The summed E-state index contributed by atoms with van der Waals surface area (Å²) >= 11 is 0. The van der Waals surface area contributed by atoms with Crippen molar-refractivity contribution < 1.29 is 32.3 Å². The van der Waals surface area contributed by atoms with E-state index in [0.717, 1.165) is 17.0 Å². The largest absolute Gasteiger partial charge is 0.442 e. The van der Waals surface area contributed by atoms with E-state index in [2.05, 4.69) is 20.6 Å². The Morgan fingerprint density at radius 1 is 1.17 bits per heavy atom. The minimum absolute atomic E-state index is 0.00807. The number of anilines is 2. The van der Waals surface area contributed by atoms with Gasteiger partial charge in [-0.1, -0.05) is 5.21 Å². The standard InChI is InChI=1S/C26H27F3N8O4/c1-16(31-24(38)17-3-2-4-30-12-17)25(39)35-7-5-34(6-8-35)23-21(28)9-19(10-22(23)29)37-15-20(41-26(37)40)14-36-13-18(11-27)32-33-36/h2-4,9-10,12-13,16,20H,5-8,11,14-15H2,1H3,(H,31,38)/t16-,20-/m0/s1. The van der Waals surface area contributed by atoms with Gasteiger partial charge in [-0.05, 0) is 19.1 Å². The van der Waals surface area contributed by atoms with Crippen LogP contribution in [0.1, 0.15) is 23.0 Å². The molecule has 0 bridgehead atoms. The summed E-state index contributed by atoms with van der Waals surface area (Å²) in [6, 6.07) is 4.52. The van der Waals surface area contributed by atoms with Crippen LogP contribution in [0.5, 0.6) is 0 Å². The Balaban J connectivity index is 1.18. The number of nitrogens with zero attached hydrogens (tertiary/aromatic N) is 7. The molecular weight excluding hydrogens is 545 g/mol. The zero-order chi connectivity index (χ0) is 29.1. The summed E-state index contributed by atoms with van der Waals surface area (Å²) in [6.07, 6.45) is 2.87. The number of alkyl halides is 1. The van der Waals surface area contributed by atoms with E-state index in [9.17, 15) is 18.8 Å². The Bertz CT molecular complexity index is 1410. The van der Waals surface area contributed by atoms with Gasteiger partial charge in [0, 0.05) is 50.7 Å². The second-order valence-corrected chi connectivity index (χ2v) is 9.69. The summed E-state index contributed by atoms with van der Waals surface area (Å²) < 4.78 is 49.7. The highest BCUT2D eigenvalue weighted by Gasteiger charge is 2.35. The predicted molar refractivity (Wildman–Crippen MR) is 139 cm³/mol. The molecule has 0 radical (unpaired) electrons. The highest BCUT2D eigenvalue weighted by molar-refractivity contribution is 5.97. The molecular formula is C26H27F3N8O4. The van der Waals surface area contributed by atoms with Gasteiger partial charge in [-0.3, -0.25) is 19.5 Å². The van der Waals surface area contributed by atoms with E-state index in [0.29, 0.717) is 5.56 Å². The topological polar surface area (TPSA) is 126 Å². The molecule has 0 spiro atoms. The van der Waals surface area contributed by atoms with Crippen LogP contribution in [-0.2, 0) is 22.8 Å². The molecule has 2 saturated heterocycles. The fourth-order valence-corrected chi connectivity index (χ4v) is 4.80. The number of carbonyl (C=O) groups excluding carboxylic acids is 3. The van der Waals surface area contributed by atoms with Crippen LogP contribution in [0.3, 0.4) is 0 Å². The molecule has 5 rings (SSSR count). The third-order valence-corrected chi connectivity index (χ3v) is 6.85. The first kappa shape index (κ1) is 27.9. The Kier molecular flexibility index (Phi) is 8.03. The number of ether oxygens (including phenoxy) is 1. The molecule has 4 heterocycles. The van der Waals surface area contributed by atoms with Gasteiger partial charge < -0.3 is 19.9 Å². The van der Waals surface area contributed by atoms with E-state index in [-0.39, 0.29) is 62.2 Å². The van der Waals surface area contributed by atoms with Crippen LogP contribution in [0.4, 0.5) is 29.3 Å². The normalized spacial score (nSPS) is 17.9. The van der Waals surface area contributed by atoms with Crippen molar-refractivity contribution in [1.82, 2.24) is 30.2 Å². The molecule has 15 heteroatoms. The number of halogens is 3. The fraction of sp³-hybridized carbons (Fsp3) is 0.385. The number of hydrogen-bond acceptors (Lipinski definition) is 8. The van der Waals surface area contributed by atoms with Gasteiger partial charge in [-0.15, -0.1) is 5.10 Å². The molecule has 12 nitrogen and oxygen atoms in total. The first-order valence-corrected chi connectivity index (χ1v) is 12.9. The molecule has 1 aromatic carbocycles. The summed E-state index contributed by atoms with van der Waals surface area (Å²) in [4.78, 5) is 45.7. The third kappa shape index (κ3) is 6.07. The average molecular weight is 573 g/mol. The van der Waals surface area contributed by atoms with E-state index in [1.165, 1.54) is 33.1 Å². The maximum Gasteiger partial charge on any atom is 0.414 e. The summed E-state index contributed by atoms with van der Waals surface area (Å²) in [7, 11) is 0. The number of cyclic esters (lactones) is 1. The number of hydrogen-bond donors (Lipinski definition) is 1. The molecule has 3 aromatic rings. The average Bonchev–Trinajstić information content (AvgIpc) is 3.58. The predicted octanol–water partition coefficient (Wildman–Crippen LogP) is 1.91. The third-order valence-electron chi connectivity index (χ3n) is 6.85. The smallest absolute Gasteiger partial charge is 0.414 e. The van der Waals surface area contributed by atoms with E-state index >= 15 is 8.78 Å². The van der Waals surface area contributed by atoms with Gasteiger partial charge in [-0.2, -0.15) is 0 Å². The maximum atomic E-state index is 15.2. The van der Waals surface area contributed by atoms with Crippen LogP contribution in [0.15, 0.2) is 42.9 Å². The van der Waals surface area contributed by atoms with Crippen molar-refractivity contribution in [3.8, 4) is 0 Å². The molecule has 2 aromatic heterocycles. The Morgan fingerprint density at radius 2 is 1.90 bits per heavy atom. The van der Waals surface area contributed by atoms with Crippen molar-refractivity contribution in [3.63, 3.8) is 0 Å². The summed E-state index contributed by atoms with van der Waals surface area (Å²) in [6.45, 7) is 1.62. The van der Waals surface area contributed by atoms with Crippen LogP contribution in [0.2, 0.25) is 0 Å². The molecule has 1 N–H and O–H groups in total. The van der Waals surface area contributed by atoms with Crippen molar-refractivity contribution in [2.45, 2.75) is 32.3 Å². The van der Waals surface area contributed by atoms with Gasteiger partial charge in [0.05, 0.1) is 30.5 Å². The van der Waals surface area contributed by atoms with Crippen molar-refractivity contribution >= 4 is 29.3 Å². The summed E-state index contributed by atoms with van der Waals surface area (Å²) in [5.41, 5.74) is 0.195. The van der Waals surface area contributed by atoms with Crippen LogP contribution in [0.25, 0.3) is 0 Å². The number of benzene rings is 1. The molecule has 0 saturated carbocycles. The van der Waals surface area contributed by atoms with Gasteiger partial charge in [0.25, 0.3) is 5.91 Å². The van der Waals surface area contributed by atoms with E-state index in [1.54, 1.807) is 19.1 Å². The number of rotatable bonds is 8. The lowest BCUT2D eigenvalue weighted by molar-refractivity contribution is -0.133. The quantitative estimate of drug-likeness (QED) is 0.434. The highest BCUT2D eigenvalue weighted by Crippen LogP contribution is 2.32. The zero-order valence-corrected chi connectivity index (χ0v) is 22.0. The lowest BCUT2D eigenvalue weighted by Gasteiger charge is -2.37. The second-order valence-electron chi connectivity index (χ2n) is 9.69. The monoisotopic (exact) mass is 572 g/mol. The van der Waals surface area contributed by atoms with Gasteiger partial charge in [-0.25, -0.2) is 22.6 Å².